The molecule has 23 heavy (non-hydrogen) atoms. The first kappa shape index (κ1) is 16.7. The third kappa shape index (κ3) is 4.05. The predicted octanol–water partition coefficient (Wildman–Crippen LogP) is 2.96. The van der Waals surface area contributed by atoms with Crippen molar-refractivity contribution in [2.24, 2.45) is 5.92 Å². The lowest BCUT2D eigenvalue weighted by Crippen LogP contribution is -2.44. The van der Waals surface area contributed by atoms with Crippen LogP contribution in [0.25, 0.3) is 0 Å². The zero-order valence-corrected chi connectivity index (χ0v) is 14.9. The molecule has 1 N–H and O–H groups in total. The molecule has 128 valence electrons. The van der Waals surface area contributed by atoms with Crippen LogP contribution in [-0.2, 0) is 4.79 Å². The van der Waals surface area contributed by atoms with Gasteiger partial charge in [0.2, 0.25) is 11.1 Å². The molecule has 0 radical (unpaired) electrons. The minimum absolute atomic E-state index is 0.106. The van der Waals surface area contributed by atoms with Gasteiger partial charge in [0.15, 0.2) is 0 Å². The topological polar surface area (TPSA) is 72.7 Å². The van der Waals surface area contributed by atoms with Crippen molar-refractivity contribution in [1.29, 1.82) is 0 Å². The van der Waals surface area contributed by atoms with Crippen molar-refractivity contribution in [1.82, 2.24) is 25.5 Å². The van der Waals surface area contributed by atoms with Crippen molar-refractivity contribution in [3.63, 3.8) is 0 Å². The van der Waals surface area contributed by atoms with Gasteiger partial charge < -0.3 is 5.32 Å². The molecule has 0 spiro atoms. The molecular formula is C16H27N5OS. The van der Waals surface area contributed by atoms with Gasteiger partial charge in [-0.25, -0.2) is 4.68 Å². The number of amides is 1. The first-order valence-electron chi connectivity index (χ1n) is 8.90. The molecule has 6 nitrogen and oxygen atoms in total. The number of tetrazole rings is 1. The first-order valence-corrected chi connectivity index (χ1v) is 9.78. The van der Waals surface area contributed by atoms with Crippen LogP contribution in [-0.4, -0.2) is 37.4 Å². The van der Waals surface area contributed by atoms with Crippen molar-refractivity contribution in [2.75, 3.05) is 0 Å². The van der Waals surface area contributed by atoms with Gasteiger partial charge in [0.1, 0.15) is 0 Å². The highest BCUT2D eigenvalue weighted by atomic mass is 32.2. The molecule has 0 bridgehead atoms. The summed E-state index contributed by atoms with van der Waals surface area (Å²) in [5.41, 5.74) is 0. The van der Waals surface area contributed by atoms with E-state index in [2.05, 4.69) is 27.8 Å². The third-order valence-corrected chi connectivity index (χ3v) is 6.27. The molecule has 0 saturated heterocycles. The number of rotatable bonds is 5. The fraction of sp³-hybridized carbons (Fsp3) is 0.875. The highest BCUT2D eigenvalue weighted by Crippen LogP contribution is 2.32. The summed E-state index contributed by atoms with van der Waals surface area (Å²) in [6.07, 6.45) is 9.58. The molecule has 0 aromatic carbocycles. The molecule has 0 aliphatic heterocycles. The van der Waals surface area contributed by atoms with Crippen LogP contribution in [0.1, 0.15) is 71.3 Å². The molecular weight excluding hydrogens is 310 g/mol. The van der Waals surface area contributed by atoms with Crippen LogP contribution in [0.2, 0.25) is 0 Å². The molecule has 1 heterocycles. The van der Waals surface area contributed by atoms with Crippen LogP contribution >= 0.6 is 11.8 Å². The van der Waals surface area contributed by atoms with Crippen LogP contribution in [0.5, 0.6) is 0 Å². The van der Waals surface area contributed by atoms with Gasteiger partial charge in [0, 0.05) is 6.04 Å². The van der Waals surface area contributed by atoms with Gasteiger partial charge >= 0.3 is 0 Å². The van der Waals surface area contributed by atoms with Crippen molar-refractivity contribution in [2.45, 2.75) is 87.7 Å². The second-order valence-electron chi connectivity index (χ2n) is 6.98. The molecule has 2 fully saturated rings. The Hall–Kier alpha value is -1.11. The maximum atomic E-state index is 12.5. The minimum Gasteiger partial charge on any atom is -0.352 e. The number of carbonyl (C=O) groups excluding carboxylic acids is 1. The molecule has 2 aliphatic carbocycles. The minimum atomic E-state index is -0.171. The third-order valence-electron chi connectivity index (χ3n) is 5.22. The second-order valence-corrected chi connectivity index (χ2v) is 8.29. The van der Waals surface area contributed by atoms with Gasteiger partial charge in [-0.3, -0.25) is 4.79 Å². The molecule has 1 amide bonds. The summed E-state index contributed by atoms with van der Waals surface area (Å²) in [7, 11) is 0. The maximum absolute atomic E-state index is 12.5. The summed E-state index contributed by atoms with van der Waals surface area (Å²) < 4.78 is 1.92. The maximum Gasteiger partial charge on any atom is 0.233 e. The van der Waals surface area contributed by atoms with Crippen molar-refractivity contribution >= 4 is 17.7 Å². The Balaban J connectivity index is 1.57. The van der Waals surface area contributed by atoms with E-state index < -0.39 is 0 Å². The Morgan fingerprint density at radius 2 is 1.91 bits per heavy atom. The Labute approximate surface area is 142 Å². The summed E-state index contributed by atoms with van der Waals surface area (Å²) in [4.78, 5) is 12.5. The van der Waals surface area contributed by atoms with E-state index in [1.54, 1.807) is 0 Å². The first-order chi connectivity index (χ1) is 11.1. The van der Waals surface area contributed by atoms with Crippen LogP contribution in [0, 0.1) is 5.92 Å². The number of hydrogen-bond donors (Lipinski definition) is 1. The van der Waals surface area contributed by atoms with Crippen molar-refractivity contribution in [3.8, 4) is 0 Å². The van der Waals surface area contributed by atoms with Crippen LogP contribution in [0.15, 0.2) is 5.16 Å². The number of nitrogens with zero attached hydrogens (tertiary/aromatic N) is 4. The van der Waals surface area contributed by atoms with Gasteiger partial charge in [0.05, 0.1) is 11.3 Å². The van der Waals surface area contributed by atoms with Gasteiger partial charge in [-0.05, 0) is 49.0 Å². The lowest BCUT2D eigenvalue weighted by Gasteiger charge is -2.30. The smallest absolute Gasteiger partial charge is 0.233 e. The molecule has 3 unspecified atom stereocenters. The Morgan fingerprint density at radius 3 is 2.65 bits per heavy atom. The van der Waals surface area contributed by atoms with E-state index in [-0.39, 0.29) is 11.2 Å². The molecule has 2 aliphatic rings. The molecule has 2 saturated carbocycles. The normalized spacial score (nSPS) is 27.0. The Morgan fingerprint density at radius 1 is 1.22 bits per heavy atom. The number of nitrogens with one attached hydrogen (secondary N) is 1. The van der Waals surface area contributed by atoms with Crippen molar-refractivity contribution < 1.29 is 4.79 Å². The van der Waals surface area contributed by atoms with Gasteiger partial charge in [-0.15, -0.1) is 5.10 Å². The van der Waals surface area contributed by atoms with Gasteiger partial charge in [0.25, 0.3) is 0 Å². The number of hydrogen-bond acceptors (Lipinski definition) is 5. The van der Waals surface area contributed by atoms with E-state index >= 15 is 0 Å². The summed E-state index contributed by atoms with van der Waals surface area (Å²) >= 11 is 1.48. The van der Waals surface area contributed by atoms with Crippen LogP contribution in [0.3, 0.4) is 0 Å². The van der Waals surface area contributed by atoms with E-state index in [0.717, 1.165) is 24.4 Å². The summed E-state index contributed by atoms with van der Waals surface area (Å²) in [6.45, 7) is 4.18. The molecule has 3 rings (SSSR count). The average Bonchev–Trinajstić information content (AvgIpc) is 3.20. The standard InChI is InChI=1S/C16H27N5OS/c1-11-7-3-6-10-14(11)17-15(22)12(2)23-16-18-19-20-21(16)13-8-4-5-9-13/h11-14H,3-10H2,1-2H3,(H,17,22). The van der Waals surface area contributed by atoms with Crippen LogP contribution in [0.4, 0.5) is 0 Å². The van der Waals surface area contributed by atoms with Crippen LogP contribution < -0.4 is 5.32 Å². The number of thioether (sulfide) groups is 1. The fourth-order valence-corrected chi connectivity index (χ4v) is 4.55. The summed E-state index contributed by atoms with van der Waals surface area (Å²) in [5, 5.41) is 15.9. The Bertz CT molecular complexity index is 528. The second kappa shape index (κ2) is 7.64. The largest absolute Gasteiger partial charge is 0.352 e. The number of carbonyl (C=O) groups is 1. The summed E-state index contributed by atoms with van der Waals surface area (Å²) in [5.74, 6) is 0.684. The monoisotopic (exact) mass is 337 g/mol. The highest BCUT2D eigenvalue weighted by Gasteiger charge is 2.27. The van der Waals surface area contributed by atoms with E-state index in [0.29, 0.717) is 18.0 Å². The lowest BCUT2D eigenvalue weighted by molar-refractivity contribution is -0.121. The van der Waals surface area contributed by atoms with Gasteiger partial charge in [-0.2, -0.15) is 0 Å². The van der Waals surface area contributed by atoms with E-state index in [9.17, 15) is 4.79 Å². The fourth-order valence-electron chi connectivity index (χ4n) is 3.68. The predicted molar refractivity (Wildman–Crippen MR) is 90.2 cm³/mol. The van der Waals surface area contributed by atoms with Gasteiger partial charge in [-0.1, -0.05) is 44.4 Å². The van der Waals surface area contributed by atoms with E-state index in [1.807, 2.05) is 11.6 Å². The van der Waals surface area contributed by atoms with E-state index in [4.69, 9.17) is 0 Å². The molecule has 7 heteroatoms. The number of aromatic nitrogens is 4. The van der Waals surface area contributed by atoms with Crippen molar-refractivity contribution in [3.05, 3.63) is 0 Å². The lowest BCUT2D eigenvalue weighted by atomic mass is 9.86. The Kier molecular flexibility index (Phi) is 5.56. The highest BCUT2D eigenvalue weighted by molar-refractivity contribution is 8.00. The molecule has 1 aromatic heterocycles. The molecule has 3 atom stereocenters. The zero-order chi connectivity index (χ0) is 16.2. The molecule has 1 aromatic rings. The average molecular weight is 337 g/mol. The quantitative estimate of drug-likeness (QED) is 0.836. The zero-order valence-electron chi connectivity index (χ0n) is 14.1. The SMILES string of the molecule is CC(Sc1nnnn1C1CCCC1)C(=O)NC1CCCCC1C. The van der Waals surface area contributed by atoms with E-state index in [1.165, 1.54) is 43.9 Å². The summed E-state index contributed by atoms with van der Waals surface area (Å²) in [6, 6.07) is 0.728.